The molecule has 1 saturated heterocycles. The number of para-hydroxylation sites is 1. The molecule has 1 aliphatic carbocycles. The van der Waals surface area contributed by atoms with Crippen molar-refractivity contribution < 1.29 is 4.74 Å². The van der Waals surface area contributed by atoms with Gasteiger partial charge in [-0.15, -0.1) is 0 Å². The van der Waals surface area contributed by atoms with Gasteiger partial charge in [0, 0.05) is 23.3 Å². The second-order valence-corrected chi connectivity index (χ2v) is 6.59. The molecule has 1 aromatic rings. The van der Waals surface area contributed by atoms with Crippen molar-refractivity contribution in [3.05, 3.63) is 29.8 Å². The van der Waals surface area contributed by atoms with Gasteiger partial charge in [-0.05, 0) is 37.5 Å². The predicted molar refractivity (Wildman–Crippen MR) is 77.4 cm³/mol. The molecule has 0 spiro atoms. The Labute approximate surface area is 113 Å². The minimum atomic E-state index is 0.221. The van der Waals surface area contributed by atoms with E-state index in [-0.39, 0.29) is 5.41 Å². The summed E-state index contributed by atoms with van der Waals surface area (Å²) in [7, 11) is 0. The SMILES string of the molecule is NCC1(c2ccccc2OC2CCCSC2)CC1. The molecule has 0 amide bonds. The number of thioether (sulfide) groups is 1. The minimum absolute atomic E-state index is 0.221. The van der Waals surface area contributed by atoms with Crippen LogP contribution in [0.15, 0.2) is 24.3 Å². The molecule has 98 valence electrons. The second kappa shape index (κ2) is 5.14. The maximum absolute atomic E-state index is 6.24. The molecule has 18 heavy (non-hydrogen) atoms. The summed E-state index contributed by atoms with van der Waals surface area (Å²) in [6.45, 7) is 0.743. The first kappa shape index (κ1) is 12.4. The Morgan fingerprint density at radius 1 is 1.33 bits per heavy atom. The summed E-state index contributed by atoms with van der Waals surface area (Å²) >= 11 is 2.01. The summed E-state index contributed by atoms with van der Waals surface area (Å²) in [6, 6.07) is 8.49. The van der Waals surface area contributed by atoms with E-state index < -0.39 is 0 Å². The molecule has 0 bridgehead atoms. The van der Waals surface area contributed by atoms with E-state index in [9.17, 15) is 0 Å². The predicted octanol–water partition coefficient (Wildman–Crippen LogP) is 2.95. The van der Waals surface area contributed by atoms with Crippen molar-refractivity contribution in [2.45, 2.75) is 37.2 Å². The van der Waals surface area contributed by atoms with Crippen molar-refractivity contribution in [1.29, 1.82) is 0 Å². The standard InChI is InChI=1S/C15H21NOS/c16-11-15(7-8-15)13-5-1-2-6-14(13)17-12-4-3-9-18-10-12/h1-2,5-6,12H,3-4,7-11,16H2. The Morgan fingerprint density at radius 2 is 2.17 bits per heavy atom. The van der Waals surface area contributed by atoms with Crippen LogP contribution < -0.4 is 10.5 Å². The summed E-state index contributed by atoms with van der Waals surface area (Å²) in [5.41, 5.74) is 7.50. The molecule has 0 aromatic heterocycles. The van der Waals surface area contributed by atoms with E-state index >= 15 is 0 Å². The Morgan fingerprint density at radius 3 is 2.83 bits per heavy atom. The van der Waals surface area contributed by atoms with Crippen LogP contribution in [0, 0.1) is 0 Å². The number of hydrogen-bond acceptors (Lipinski definition) is 3. The summed E-state index contributed by atoms with van der Waals surface area (Å²) in [4.78, 5) is 0. The first-order valence-corrected chi connectivity index (χ1v) is 8.03. The number of rotatable bonds is 4. The van der Waals surface area contributed by atoms with Crippen LogP contribution >= 0.6 is 11.8 Å². The molecule has 2 nitrogen and oxygen atoms in total. The molecule has 0 radical (unpaired) electrons. The van der Waals surface area contributed by atoms with E-state index in [0.717, 1.165) is 18.0 Å². The molecule has 3 rings (SSSR count). The van der Waals surface area contributed by atoms with Crippen molar-refractivity contribution in [2.24, 2.45) is 5.73 Å². The van der Waals surface area contributed by atoms with E-state index in [0.29, 0.717) is 6.10 Å². The van der Waals surface area contributed by atoms with Crippen LogP contribution in [0.1, 0.15) is 31.2 Å². The third-order valence-corrected chi connectivity index (χ3v) is 5.30. The number of benzene rings is 1. The quantitative estimate of drug-likeness (QED) is 0.907. The van der Waals surface area contributed by atoms with Gasteiger partial charge >= 0.3 is 0 Å². The van der Waals surface area contributed by atoms with Crippen molar-refractivity contribution in [3.8, 4) is 5.75 Å². The molecule has 1 heterocycles. The molecule has 1 unspecified atom stereocenters. The topological polar surface area (TPSA) is 35.2 Å². The lowest BCUT2D eigenvalue weighted by Gasteiger charge is -2.26. The first-order valence-electron chi connectivity index (χ1n) is 6.88. The van der Waals surface area contributed by atoms with Gasteiger partial charge in [0.1, 0.15) is 11.9 Å². The number of nitrogens with two attached hydrogens (primary N) is 1. The summed E-state index contributed by atoms with van der Waals surface area (Å²) < 4.78 is 6.24. The molecule has 1 atom stereocenters. The minimum Gasteiger partial charge on any atom is -0.489 e. The van der Waals surface area contributed by atoms with Crippen LogP contribution in [0.4, 0.5) is 0 Å². The van der Waals surface area contributed by atoms with Crippen LogP contribution in [0.3, 0.4) is 0 Å². The zero-order valence-corrected chi connectivity index (χ0v) is 11.5. The zero-order chi connectivity index (χ0) is 12.4. The van der Waals surface area contributed by atoms with Gasteiger partial charge in [-0.3, -0.25) is 0 Å². The Hall–Kier alpha value is -0.670. The van der Waals surface area contributed by atoms with Crippen molar-refractivity contribution in [3.63, 3.8) is 0 Å². The molecule has 3 heteroatoms. The summed E-state index contributed by atoms with van der Waals surface area (Å²) in [5, 5.41) is 0. The summed E-state index contributed by atoms with van der Waals surface area (Å²) in [6.07, 6.45) is 5.28. The second-order valence-electron chi connectivity index (χ2n) is 5.44. The molecular formula is C15H21NOS. The fraction of sp³-hybridized carbons (Fsp3) is 0.600. The van der Waals surface area contributed by atoms with Gasteiger partial charge in [0.25, 0.3) is 0 Å². The van der Waals surface area contributed by atoms with Crippen LogP contribution in [0.25, 0.3) is 0 Å². The lowest BCUT2D eigenvalue weighted by Crippen LogP contribution is -2.26. The molecule has 2 N–H and O–H groups in total. The third kappa shape index (κ3) is 2.39. The lowest BCUT2D eigenvalue weighted by molar-refractivity contribution is 0.208. The van der Waals surface area contributed by atoms with Gasteiger partial charge in [0.2, 0.25) is 0 Å². The average molecular weight is 263 g/mol. The fourth-order valence-electron chi connectivity index (χ4n) is 2.73. The van der Waals surface area contributed by atoms with Crippen molar-refractivity contribution in [2.75, 3.05) is 18.1 Å². The Bertz CT molecular complexity index is 411. The van der Waals surface area contributed by atoms with Gasteiger partial charge in [-0.1, -0.05) is 18.2 Å². The highest BCUT2D eigenvalue weighted by atomic mass is 32.2. The van der Waals surface area contributed by atoms with E-state index in [4.69, 9.17) is 10.5 Å². The van der Waals surface area contributed by atoms with E-state index in [1.807, 2.05) is 11.8 Å². The van der Waals surface area contributed by atoms with E-state index in [2.05, 4.69) is 24.3 Å². The largest absolute Gasteiger partial charge is 0.489 e. The van der Waals surface area contributed by atoms with Crippen molar-refractivity contribution in [1.82, 2.24) is 0 Å². The molecule has 1 aromatic carbocycles. The highest BCUT2D eigenvalue weighted by molar-refractivity contribution is 7.99. The highest BCUT2D eigenvalue weighted by Gasteiger charge is 2.44. The van der Waals surface area contributed by atoms with E-state index in [1.54, 1.807) is 0 Å². The third-order valence-electron chi connectivity index (χ3n) is 4.11. The van der Waals surface area contributed by atoms with Crippen LogP contribution in [-0.4, -0.2) is 24.2 Å². The van der Waals surface area contributed by atoms with Crippen LogP contribution in [-0.2, 0) is 5.41 Å². The van der Waals surface area contributed by atoms with E-state index in [1.165, 1.54) is 37.0 Å². The molecule has 1 saturated carbocycles. The number of hydrogen-bond donors (Lipinski definition) is 1. The van der Waals surface area contributed by atoms with Crippen LogP contribution in [0.2, 0.25) is 0 Å². The Kier molecular flexibility index (Phi) is 3.53. The average Bonchev–Trinajstić information content (AvgIpc) is 3.22. The highest BCUT2D eigenvalue weighted by Crippen LogP contribution is 2.50. The normalized spacial score (nSPS) is 25.7. The van der Waals surface area contributed by atoms with Crippen molar-refractivity contribution >= 4 is 11.8 Å². The molecular weight excluding hydrogens is 242 g/mol. The summed E-state index contributed by atoms with van der Waals surface area (Å²) in [5.74, 6) is 3.49. The lowest BCUT2D eigenvalue weighted by atomic mass is 9.95. The van der Waals surface area contributed by atoms with Crippen LogP contribution in [0.5, 0.6) is 5.75 Å². The molecule has 2 aliphatic rings. The first-order chi connectivity index (χ1) is 8.84. The van der Waals surface area contributed by atoms with Gasteiger partial charge in [-0.2, -0.15) is 11.8 Å². The zero-order valence-electron chi connectivity index (χ0n) is 10.7. The number of ether oxygens (including phenoxy) is 1. The molecule has 1 aliphatic heterocycles. The Balaban J connectivity index is 1.79. The fourth-order valence-corrected chi connectivity index (χ4v) is 3.76. The van der Waals surface area contributed by atoms with Gasteiger partial charge < -0.3 is 10.5 Å². The monoisotopic (exact) mass is 263 g/mol. The van der Waals surface area contributed by atoms with Gasteiger partial charge in [-0.25, -0.2) is 0 Å². The smallest absolute Gasteiger partial charge is 0.123 e. The maximum atomic E-state index is 6.24. The van der Waals surface area contributed by atoms with Gasteiger partial charge in [0.15, 0.2) is 0 Å². The maximum Gasteiger partial charge on any atom is 0.123 e. The molecule has 2 fully saturated rings. The van der Waals surface area contributed by atoms with Gasteiger partial charge in [0.05, 0.1) is 0 Å².